The summed E-state index contributed by atoms with van der Waals surface area (Å²) in [6.45, 7) is 15.7. The fourth-order valence-corrected chi connectivity index (χ4v) is 3.73. The summed E-state index contributed by atoms with van der Waals surface area (Å²) in [5.41, 5.74) is 0. The number of hydrogen-bond donors (Lipinski definition) is 1. The molecule has 0 heterocycles. The molecule has 1 atom stereocenters. The first kappa shape index (κ1) is 17.1. The van der Waals surface area contributed by atoms with E-state index >= 15 is 0 Å². The molecule has 0 radical (unpaired) electrons. The zero-order valence-electron chi connectivity index (χ0n) is 12.6. The third-order valence-corrected chi connectivity index (χ3v) is 4.81. The topological polar surface area (TPSA) is 24.5 Å². The van der Waals surface area contributed by atoms with E-state index in [1.807, 2.05) is 7.05 Å². The molecule has 0 rings (SSSR count). The van der Waals surface area contributed by atoms with Crippen molar-refractivity contribution < 1.29 is 4.43 Å². The molecule has 104 valence electrons. The molecular weight excluding hydrogens is 228 g/mol. The Kier molecular flexibility index (Phi) is 10.1. The summed E-state index contributed by atoms with van der Waals surface area (Å²) in [4.78, 5) is 5.94. The largest absolute Gasteiger partial charge is 0.406 e. The maximum absolute atomic E-state index is 5.75. The molecule has 0 bridgehead atoms. The number of hydrogen-bond acceptors (Lipinski definition) is 3. The normalized spacial score (nSPS) is 13.9. The van der Waals surface area contributed by atoms with Crippen LogP contribution in [0, 0.1) is 11.8 Å². The lowest BCUT2D eigenvalue weighted by atomic mass is 10.1. The van der Waals surface area contributed by atoms with Gasteiger partial charge in [-0.3, -0.25) is 0 Å². The van der Waals surface area contributed by atoms with E-state index in [4.69, 9.17) is 4.43 Å². The van der Waals surface area contributed by atoms with Gasteiger partial charge in [0.2, 0.25) is 0 Å². The van der Waals surface area contributed by atoms with Crippen molar-refractivity contribution in [2.75, 3.05) is 33.3 Å². The molecule has 17 heavy (non-hydrogen) atoms. The third-order valence-electron chi connectivity index (χ3n) is 2.64. The van der Waals surface area contributed by atoms with Crippen molar-refractivity contribution >= 4 is 9.20 Å². The maximum atomic E-state index is 5.75. The number of rotatable bonds is 10. The smallest absolute Gasteiger partial charge is 0.253 e. The number of nitrogens with zero attached hydrogens (tertiary/aromatic N) is 1. The molecule has 1 unspecified atom stereocenters. The van der Waals surface area contributed by atoms with Crippen molar-refractivity contribution in [1.29, 1.82) is 0 Å². The minimum atomic E-state index is -1.15. The van der Waals surface area contributed by atoms with Crippen molar-refractivity contribution in [2.24, 2.45) is 11.8 Å². The first-order valence-electron chi connectivity index (χ1n) is 7.00. The Morgan fingerprint density at radius 1 is 1.12 bits per heavy atom. The summed E-state index contributed by atoms with van der Waals surface area (Å²) in [5.74, 6) is 1.49. The van der Waals surface area contributed by atoms with E-state index in [9.17, 15) is 0 Å². The molecule has 0 saturated heterocycles. The van der Waals surface area contributed by atoms with Crippen LogP contribution in [0.1, 0.15) is 34.6 Å². The second-order valence-electron chi connectivity index (χ2n) is 5.57. The molecule has 0 fully saturated rings. The fraction of sp³-hybridized carbons (Fsp3) is 1.00. The molecule has 0 aromatic heterocycles. The summed E-state index contributed by atoms with van der Waals surface area (Å²) < 4.78 is 5.75. The van der Waals surface area contributed by atoms with Crippen LogP contribution in [0.5, 0.6) is 0 Å². The summed E-state index contributed by atoms with van der Waals surface area (Å²) in [5, 5.41) is 0. The van der Waals surface area contributed by atoms with Gasteiger partial charge in [-0.05, 0) is 38.4 Å². The summed E-state index contributed by atoms with van der Waals surface area (Å²) in [6, 6.07) is 1.20. The molecule has 0 spiro atoms. The standard InChI is InChI=1S/C13H32N2OSi/c1-7-16-17(14-6)9-8-15(10-12(2)3)11-13(4)5/h12-14,17H,7-11H2,1-6H3. The first-order chi connectivity index (χ1) is 7.99. The monoisotopic (exact) mass is 260 g/mol. The predicted molar refractivity (Wildman–Crippen MR) is 78.8 cm³/mol. The predicted octanol–water partition coefficient (Wildman–Crippen LogP) is 2.08. The highest BCUT2D eigenvalue weighted by Crippen LogP contribution is 2.06. The van der Waals surface area contributed by atoms with Gasteiger partial charge in [0.15, 0.2) is 0 Å². The van der Waals surface area contributed by atoms with Gasteiger partial charge in [-0.1, -0.05) is 27.7 Å². The summed E-state index contributed by atoms with van der Waals surface area (Å²) in [7, 11) is 0.878. The highest BCUT2D eigenvalue weighted by Gasteiger charge is 2.14. The van der Waals surface area contributed by atoms with Gasteiger partial charge in [0.05, 0.1) is 0 Å². The molecule has 1 N–H and O–H groups in total. The summed E-state index contributed by atoms with van der Waals surface area (Å²) >= 11 is 0. The molecule has 4 heteroatoms. The Morgan fingerprint density at radius 2 is 1.65 bits per heavy atom. The van der Waals surface area contributed by atoms with E-state index in [1.54, 1.807) is 0 Å². The molecule has 0 aliphatic rings. The van der Waals surface area contributed by atoms with Crippen LogP contribution in [0.3, 0.4) is 0 Å². The van der Waals surface area contributed by atoms with Gasteiger partial charge in [0.25, 0.3) is 9.20 Å². The first-order valence-corrected chi connectivity index (χ1v) is 8.87. The van der Waals surface area contributed by atoms with E-state index < -0.39 is 9.20 Å². The van der Waals surface area contributed by atoms with Gasteiger partial charge in [0.1, 0.15) is 0 Å². The van der Waals surface area contributed by atoms with Crippen LogP contribution in [-0.2, 0) is 4.43 Å². The second-order valence-corrected chi connectivity index (χ2v) is 8.03. The van der Waals surface area contributed by atoms with Crippen LogP contribution in [-0.4, -0.2) is 47.4 Å². The zero-order valence-corrected chi connectivity index (χ0v) is 13.8. The van der Waals surface area contributed by atoms with E-state index in [2.05, 4.69) is 44.5 Å². The molecule has 0 aliphatic carbocycles. The van der Waals surface area contributed by atoms with E-state index in [-0.39, 0.29) is 0 Å². The Morgan fingerprint density at radius 3 is 2.00 bits per heavy atom. The van der Waals surface area contributed by atoms with Gasteiger partial charge < -0.3 is 14.3 Å². The van der Waals surface area contributed by atoms with Gasteiger partial charge in [0, 0.05) is 19.7 Å². The maximum Gasteiger partial charge on any atom is 0.253 e. The Bertz CT molecular complexity index is 167. The average Bonchev–Trinajstić information content (AvgIpc) is 2.22. The van der Waals surface area contributed by atoms with Gasteiger partial charge in [-0.25, -0.2) is 0 Å². The van der Waals surface area contributed by atoms with Crippen molar-refractivity contribution in [3.05, 3.63) is 0 Å². The molecule has 0 aromatic rings. The molecular formula is C13H32N2OSi. The van der Waals surface area contributed by atoms with Crippen molar-refractivity contribution in [2.45, 2.75) is 40.7 Å². The van der Waals surface area contributed by atoms with Crippen molar-refractivity contribution in [1.82, 2.24) is 9.88 Å². The quantitative estimate of drug-likeness (QED) is 0.609. The Labute approximate surface area is 110 Å². The van der Waals surface area contributed by atoms with Gasteiger partial charge in [-0.15, -0.1) is 0 Å². The molecule has 3 nitrogen and oxygen atoms in total. The minimum absolute atomic E-state index is 0.746. The van der Waals surface area contributed by atoms with E-state index in [1.165, 1.54) is 25.7 Å². The van der Waals surface area contributed by atoms with Crippen LogP contribution in [0.4, 0.5) is 0 Å². The lowest BCUT2D eigenvalue weighted by molar-refractivity contribution is 0.225. The van der Waals surface area contributed by atoms with E-state index in [0.29, 0.717) is 0 Å². The van der Waals surface area contributed by atoms with Crippen LogP contribution < -0.4 is 4.98 Å². The molecule has 0 aliphatic heterocycles. The van der Waals surface area contributed by atoms with Crippen LogP contribution in [0.15, 0.2) is 0 Å². The minimum Gasteiger partial charge on any atom is -0.406 e. The number of nitrogens with one attached hydrogen (secondary N) is 1. The lowest BCUT2D eigenvalue weighted by Crippen LogP contribution is -2.40. The van der Waals surface area contributed by atoms with Crippen molar-refractivity contribution in [3.63, 3.8) is 0 Å². The SMILES string of the molecule is CCO[SiH](CCN(CC(C)C)CC(C)C)NC. The lowest BCUT2D eigenvalue weighted by Gasteiger charge is -2.27. The van der Waals surface area contributed by atoms with Gasteiger partial charge >= 0.3 is 0 Å². The van der Waals surface area contributed by atoms with Gasteiger partial charge in [-0.2, -0.15) is 0 Å². The zero-order chi connectivity index (χ0) is 13.3. The average molecular weight is 260 g/mol. The summed E-state index contributed by atoms with van der Waals surface area (Å²) in [6.07, 6.45) is 0. The second kappa shape index (κ2) is 10.1. The molecule has 0 aromatic carbocycles. The van der Waals surface area contributed by atoms with E-state index in [0.717, 1.165) is 18.4 Å². The van der Waals surface area contributed by atoms with Crippen LogP contribution in [0.25, 0.3) is 0 Å². The van der Waals surface area contributed by atoms with Crippen molar-refractivity contribution in [3.8, 4) is 0 Å². The van der Waals surface area contributed by atoms with Crippen LogP contribution in [0.2, 0.25) is 6.04 Å². The molecule has 0 amide bonds. The molecule has 0 saturated carbocycles. The van der Waals surface area contributed by atoms with Crippen LogP contribution >= 0.6 is 0 Å². The highest BCUT2D eigenvalue weighted by molar-refractivity contribution is 6.48. The fourth-order valence-electron chi connectivity index (χ4n) is 2.10. The Balaban J connectivity index is 4.03. The Hall–Kier alpha value is 0.0969. The third kappa shape index (κ3) is 9.77. The highest BCUT2D eigenvalue weighted by atomic mass is 28.3.